The van der Waals surface area contributed by atoms with Gasteiger partial charge in [0.1, 0.15) is 0 Å². The van der Waals surface area contributed by atoms with Crippen molar-refractivity contribution in [3.63, 3.8) is 0 Å². The van der Waals surface area contributed by atoms with E-state index in [-0.39, 0.29) is 0 Å². The normalized spacial score (nSPS) is 22.5. The van der Waals surface area contributed by atoms with Gasteiger partial charge in [0.15, 0.2) is 5.82 Å². The van der Waals surface area contributed by atoms with E-state index in [1.54, 1.807) is 11.3 Å². The molecule has 21 heavy (non-hydrogen) atoms. The Balaban J connectivity index is 1.42. The van der Waals surface area contributed by atoms with Crippen LogP contribution >= 0.6 is 11.3 Å². The highest BCUT2D eigenvalue weighted by Gasteiger charge is 2.33. The van der Waals surface area contributed by atoms with Crippen LogP contribution in [0.5, 0.6) is 0 Å². The smallest absolute Gasteiger partial charge is 0.168 e. The van der Waals surface area contributed by atoms with Gasteiger partial charge in [-0.25, -0.2) is 9.67 Å². The van der Waals surface area contributed by atoms with Gasteiger partial charge in [-0.15, -0.1) is 16.4 Å². The molecule has 0 N–H and O–H groups in total. The molecule has 0 unspecified atom stereocenters. The molecule has 0 spiro atoms. The fourth-order valence-corrected chi connectivity index (χ4v) is 4.00. The van der Waals surface area contributed by atoms with Crippen molar-refractivity contribution >= 4 is 11.3 Å². The van der Waals surface area contributed by atoms with Gasteiger partial charge in [-0.05, 0) is 56.1 Å². The maximum Gasteiger partial charge on any atom is 0.168 e. The number of piperidine rings is 1. The molecule has 2 aromatic heterocycles. The van der Waals surface area contributed by atoms with Crippen molar-refractivity contribution in [2.45, 2.75) is 50.6 Å². The Hall–Kier alpha value is -1.34. The Bertz CT molecular complexity index is 582. The van der Waals surface area contributed by atoms with Crippen LogP contribution in [0, 0.1) is 0 Å². The summed E-state index contributed by atoms with van der Waals surface area (Å²) in [6.07, 6.45) is 6.72. The van der Waals surface area contributed by atoms with Crippen LogP contribution in [0.1, 0.15) is 61.4 Å². The van der Waals surface area contributed by atoms with Gasteiger partial charge in [-0.2, -0.15) is 0 Å². The van der Waals surface area contributed by atoms with Crippen molar-refractivity contribution in [1.29, 1.82) is 0 Å². The summed E-state index contributed by atoms with van der Waals surface area (Å²) in [7, 11) is 0. The van der Waals surface area contributed by atoms with E-state index in [4.69, 9.17) is 0 Å². The van der Waals surface area contributed by atoms with Crippen molar-refractivity contribution in [2.75, 3.05) is 13.1 Å². The van der Waals surface area contributed by atoms with Gasteiger partial charge in [-0.1, -0.05) is 0 Å². The first-order valence-corrected chi connectivity index (χ1v) is 8.62. The zero-order valence-electron chi connectivity index (χ0n) is 12.2. The van der Waals surface area contributed by atoms with E-state index in [1.165, 1.54) is 30.7 Å². The second-order valence-corrected chi connectivity index (χ2v) is 7.00. The van der Waals surface area contributed by atoms with Gasteiger partial charge in [0, 0.05) is 17.5 Å². The van der Waals surface area contributed by atoms with Gasteiger partial charge in [0.25, 0.3) is 0 Å². The number of likely N-dealkylation sites (tertiary alicyclic amines) is 1. The Morgan fingerprint density at radius 1 is 1.24 bits per heavy atom. The molecule has 1 aliphatic heterocycles. The van der Waals surface area contributed by atoms with E-state index >= 15 is 0 Å². The van der Waals surface area contributed by atoms with E-state index in [1.807, 2.05) is 10.9 Å². The molecule has 1 aliphatic carbocycles. The highest BCUT2D eigenvalue weighted by molar-refractivity contribution is 7.09. The van der Waals surface area contributed by atoms with Gasteiger partial charge in [0.05, 0.1) is 17.1 Å². The van der Waals surface area contributed by atoms with Crippen molar-refractivity contribution in [3.05, 3.63) is 22.4 Å². The Kier molecular flexibility index (Phi) is 3.46. The second kappa shape index (κ2) is 5.46. The van der Waals surface area contributed by atoms with Gasteiger partial charge in [0.2, 0.25) is 0 Å². The maximum atomic E-state index is 4.47. The molecule has 1 saturated carbocycles. The minimum absolute atomic E-state index is 0.304. The van der Waals surface area contributed by atoms with Crippen molar-refractivity contribution < 1.29 is 0 Å². The second-order valence-electron chi connectivity index (χ2n) is 6.07. The summed E-state index contributed by atoms with van der Waals surface area (Å²) in [5.41, 5.74) is 0. The fraction of sp³-hybridized carbons (Fsp3) is 0.714. The third kappa shape index (κ3) is 2.60. The molecule has 2 fully saturated rings. The van der Waals surface area contributed by atoms with E-state index in [0.29, 0.717) is 18.0 Å². The Labute approximate surface area is 128 Å². The molecule has 0 bridgehead atoms. The lowest BCUT2D eigenvalue weighted by Crippen LogP contribution is -2.36. The highest BCUT2D eigenvalue weighted by Crippen LogP contribution is 2.37. The molecule has 4 rings (SSSR count). The van der Waals surface area contributed by atoms with E-state index in [2.05, 4.69) is 37.7 Å². The predicted molar refractivity (Wildman–Crippen MR) is 80.2 cm³/mol. The Morgan fingerprint density at radius 3 is 2.71 bits per heavy atom. The van der Waals surface area contributed by atoms with Crippen LogP contribution in [0.2, 0.25) is 0 Å². The first kappa shape index (κ1) is 13.3. The molecule has 2 aliphatic rings. The molecule has 0 aromatic carbocycles. The summed E-state index contributed by atoms with van der Waals surface area (Å²) in [5.74, 6) is 1.66. The zero-order valence-corrected chi connectivity index (χ0v) is 13.0. The van der Waals surface area contributed by atoms with E-state index < -0.39 is 0 Å². The monoisotopic (exact) mass is 304 g/mol. The zero-order chi connectivity index (χ0) is 14.2. The summed E-state index contributed by atoms with van der Waals surface area (Å²) < 4.78 is 2.04. The molecule has 1 atom stereocenters. The average Bonchev–Trinajstić information content (AvgIpc) is 3.05. The number of hydrogen-bond acceptors (Lipinski definition) is 6. The third-order valence-corrected chi connectivity index (χ3v) is 5.60. The lowest BCUT2D eigenvalue weighted by Gasteiger charge is -2.34. The van der Waals surface area contributed by atoms with Gasteiger partial charge in [-0.3, -0.25) is 4.90 Å². The molecule has 1 saturated heterocycles. The number of hydrogen-bond donors (Lipinski definition) is 0. The first-order valence-electron chi connectivity index (χ1n) is 7.74. The SMILES string of the molecule is C[C@@H](c1nnnn1C1CC1)N1CCC(c2nccs2)CC1. The summed E-state index contributed by atoms with van der Waals surface area (Å²) in [4.78, 5) is 6.98. The standard InChI is InChI=1S/C14H20N6S/c1-10(13-16-17-18-20(13)12-2-3-12)19-7-4-11(5-8-19)14-15-6-9-21-14/h6,9-12H,2-5,7-8H2,1H3/t10-/m0/s1. The molecular weight excluding hydrogens is 284 g/mol. The van der Waals surface area contributed by atoms with Crippen molar-refractivity contribution in [1.82, 2.24) is 30.1 Å². The summed E-state index contributed by atoms with van der Waals surface area (Å²) in [6, 6.07) is 0.850. The first-order chi connectivity index (χ1) is 10.3. The average molecular weight is 304 g/mol. The Morgan fingerprint density at radius 2 is 2.05 bits per heavy atom. The van der Waals surface area contributed by atoms with Crippen molar-refractivity contribution in [3.8, 4) is 0 Å². The van der Waals surface area contributed by atoms with Crippen LogP contribution in [-0.4, -0.2) is 43.2 Å². The summed E-state index contributed by atoms with van der Waals surface area (Å²) >= 11 is 1.79. The molecule has 0 amide bonds. The minimum Gasteiger partial charge on any atom is -0.294 e. The molecule has 7 heteroatoms. The van der Waals surface area contributed by atoms with E-state index in [0.717, 1.165) is 18.9 Å². The number of rotatable bonds is 4. The summed E-state index contributed by atoms with van der Waals surface area (Å²) in [5, 5.41) is 15.7. The van der Waals surface area contributed by atoms with Crippen LogP contribution in [0.3, 0.4) is 0 Å². The van der Waals surface area contributed by atoms with Crippen LogP contribution < -0.4 is 0 Å². The van der Waals surface area contributed by atoms with Crippen LogP contribution in [0.4, 0.5) is 0 Å². The highest BCUT2D eigenvalue weighted by atomic mass is 32.1. The third-order valence-electron chi connectivity index (χ3n) is 4.66. The quantitative estimate of drug-likeness (QED) is 0.868. The van der Waals surface area contributed by atoms with Crippen LogP contribution in [0.15, 0.2) is 11.6 Å². The number of aromatic nitrogens is 5. The molecule has 6 nitrogen and oxygen atoms in total. The molecule has 2 aromatic rings. The molecule has 112 valence electrons. The number of thiazole rings is 1. The molecular formula is C14H20N6S. The van der Waals surface area contributed by atoms with Gasteiger partial charge >= 0.3 is 0 Å². The number of nitrogens with zero attached hydrogens (tertiary/aromatic N) is 6. The topological polar surface area (TPSA) is 59.7 Å². The minimum atomic E-state index is 0.304. The lowest BCUT2D eigenvalue weighted by molar-refractivity contribution is 0.153. The number of tetrazole rings is 1. The predicted octanol–water partition coefficient (Wildman–Crippen LogP) is 2.41. The maximum absolute atomic E-state index is 4.47. The van der Waals surface area contributed by atoms with Crippen LogP contribution in [0.25, 0.3) is 0 Å². The largest absolute Gasteiger partial charge is 0.294 e. The van der Waals surface area contributed by atoms with Crippen molar-refractivity contribution in [2.24, 2.45) is 0 Å². The fourth-order valence-electron chi connectivity index (χ4n) is 3.19. The van der Waals surface area contributed by atoms with Gasteiger partial charge < -0.3 is 0 Å². The van der Waals surface area contributed by atoms with E-state index in [9.17, 15) is 0 Å². The van der Waals surface area contributed by atoms with Crippen LogP contribution in [-0.2, 0) is 0 Å². The summed E-state index contributed by atoms with van der Waals surface area (Å²) in [6.45, 7) is 4.43. The molecule has 3 heterocycles. The molecule has 0 radical (unpaired) electrons. The lowest BCUT2D eigenvalue weighted by atomic mass is 9.96.